The van der Waals surface area contributed by atoms with Gasteiger partial charge in [-0.3, -0.25) is 14.2 Å². The summed E-state index contributed by atoms with van der Waals surface area (Å²) in [6.07, 6.45) is 2.39. The van der Waals surface area contributed by atoms with Gasteiger partial charge < -0.3 is 9.88 Å². The lowest BCUT2D eigenvalue weighted by Crippen LogP contribution is -2.44. The fourth-order valence-corrected chi connectivity index (χ4v) is 2.90. The smallest absolute Gasteiger partial charge is 0.333 e. The number of hydrogen-bond donors (Lipinski definition) is 1. The van der Waals surface area contributed by atoms with Crippen molar-refractivity contribution in [2.75, 3.05) is 6.54 Å². The number of fused-ring (bicyclic) bond motifs is 1. The highest BCUT2D eigenvalue weighted by Gasteiger charge is 2.20. The molecular weight excluding hydrogens is 334 g/mol. The van der Waals surface area contributed by atoms with Crippen molar-refractivity contribution in [1.82, 2.24) is 24.0 Å². The van der Waals surface area contributed by atoms with Crippen LogP contribution in [0.3, 0.4) is 0 Å². The van der Waals surface area contributed by atoms with Crippen LogP contribution in [-0.4, -0.2) is 31.1 Å². The van der Waals surface area contributed by atoms with Gasteiger partial charge in [0.1, 0.15) is 6.54 Å². The fraction of sp³-hybridized carbons (Fsp3) is 0.667. The van der Waals surface area contributed by atoms with Gasteiger partial charge in [0.15, 0.2) is 11.2 Å². The van der Waals surface area contributed by atoms with Gasteiger partial charge in [-0.05, 0) is 18.3 Å². The first kappa shape index (κ1) is 19.9. The van der Waals surface area contributed by atoms with Crippen LogP contribution in [-0.2, 0) is 24.4 Å². The Bertz CT molecular complexity index is 889. The van der Waals surface area contributed by atoms with Crippen LogP contribution in [0.2, 0.25) is 0 Å². The van der Waals surface area contributed by atoms with Crippen LogP contribution in [0.5, 0.6) is 0 Å². The van der Waals surface area contributed by atoms with E-state index in [9.17, 15) is 14.4 Å². The van der Waals surface area contributed by atoms with Gasteiger partial charge in [0, 0.05) is 19.6 Å². The molecule has 0 aliphatic carbocycles. The van der Waals surface area contributed by atoms with E-state index in [1.165, 1.54) is 4.57 Å². The summed E-state index contributed by atoms with van der Waals surface area (Å²) in [5.41, 5.74) is -0.186. The molecule has 8 nitrogen and oxygen atoms in total. The number of nitrogens with zero attached hydrogens (tertiary/aromatic N) is 4. The van der Waals surface area contributed by atoms with Gasteiger partial charge in [-0.2, -0.15) is 0 Å². The molecule has 144 valence electrons. The zero-order valence-corrected chi connectivity index (χ0v) is 16.3. The highest BCUT2D eigenvalue weighted by molar-refractivity contribution is 5.76. The molecule has 26 heavy (non-hydrogen) atoms. The standard InChI is InChI=1S/C18H29N5O3/c1-6-7-19-14(24)10-23-17(25)15-16(20-11-21(15)8-12(2)3)22(18(23)26)9-13(4)5/h11-13H,6-10H2,1-5H3,(H,19,24). The highest BCUT2D eigenvalue weighted by Crippen LogP contribution is 2.11. The van der Waals surface area contributed by atoms with Gasteiger partial charge in [-0.15, -0.1) is 0 Å². The summed E-state index contributed by atoms with van der Waals surface area (Å²) in [6.45, 7) is 11.3. The Balaban J connectivity index is 2.64. The van der Waals surface area contributed by atoms with E-state index < -0.39 is 11.2 Å². The largest absolute Gasteiger partial charge is 0.355 e. The number of carbonyl (C=O) groups excluding carboxylic acids is 1. The van der Waals surface area contributed by atoms with Crippen LogP contribution in [0, 0.1) is 11.8 Å². The number of nitrogens with one attached hydrogen (secondary N) is 1. The first-order valence-electron chi connectivity index (χ1n) is 9.21. The third-order valence-corrected chi connectivity index (χ3v) is 3.97. The average molecular weight is 363 g/mol. The second kappa shape index (κ2) is 8.33. The number of carbonyl (C=O) groups is 1. The van der Waals surface area contributed by atoms with Crippen molar-refractivity contribution in [3.05, 3.63) is 27.2 Å². The fourth-order valence-electron chi connectivity index (χ4n) is 2.90. The molecule has 2 heterocycles. The molecule has 2 aromatic rings. The lowest BCUT2D eigenvalue weighted by atomic mass is 10.2. The lowest BCUT2D eigenvalue weighted by Gasteiger charge is -2.14. The maximum atomic E-state index is 13.0. The second-order valence-electron chi connectivity index (χ2n) is 7.49. The van der Waals surface area contributed by atoms with Gasteiger partial charge >= 0.3 is 5.69 Å². The second-order valence-corrected chi connectivity index (χ2v) is 7.49. The Labute approximate surface area is 152 Å². The van der Waals surface area contributed by atoms with Gasteiger partial charge in [-0.1, -0.05) is 34.6 Å². The van der Waals surface area contributed by atoms with Crippen molar-refractivity contribution in [2.45, 2.75) is 60.7 Å². The monoisotopic (exact) mass is 363 g/mol. The topological polar surface area (TPSA) is 90.9 Å². The molecule has 1 N–H and O–H groups in total. The molecular formula is C18H29N5O3. The van der Waals surface area contributed by atoms with Crippen molar-refractivity contribution < 1.29 is 4.79 Å². The first-order valence-corrected chi connectivity index (χ1v) is 9.21. The number of aromatic nitrogens is 4. The molecule has 0 bridgehead atoms. The summed E-state index contributed by atoms with van der Waals surface area (Å²) >= 11 is 0. The van der Waals surface area contributed by atoms with Crippen molar-refractivity contribution in [2.24, 2.45) is 11.8 Å². The van der Waals surface area contributed by atoms with Crippen LogP contribution in [0.25, 0.3) is 11.2 Å². The van der Waals surface area contributed by atoms with Crippen LogP contribution < -0.4 is 16.6 Å². The summed E-state index contributed by atoms with van der Waals surface area (Å²) in [6, 6.07) is 0. The minimum absolute atomic E-state index is 0.200. The molecule has 8 heteroatoms. The quantitative estimate of drug-likeness (QED) is 0.763. The number of rotatable bonds is 8. The molecule has 0 atom stereocenters. The van der Waals surface area contributed by atoms with Gasteiger partial charge in [-0.25, -0.2) is 14.3 Å². The first-order chi connectivity index (χ1) is 12.3. The van der Waals surface area contributed by atoms with E-state index in [1.54, 1.807) is 10.9 Å². The van der Waals surface area contributed by atoms with Gasteiger partial charge in [0.2, 0.25) is 5.91 Å². The summed E-state index contributed by atoms with van der Waals surface area (Å²) in [5.74, 6) is 0.182. The van der Waals surface area contributed by atoms with E-state index >= 15 is 0 Å². The van der Waals surface area contributed by atoms with E-state index in [-0.39, 0.29) is 18.4 Å². The molecule has 0 spiro atoms. The Morgan fingerprint density at radius 3 is 2.35 bits per heavy atom. The molecule has 1 amide bonds. The minimum atomic E-state index is -0.488. The van der Waals surface area contributed by atoms with Gasteiger partial charge in [0.25, 0.3) is 5.56 Å². The van der Waals surface area contributed by atoms with Crippen molar-refractivity contribution in [3.8, 4) is 0 Å². The van der Waals surface area contributed by atoms with Crippen LogP contribution in [0.1, 0.15) is 41.0 Å². The average Bonchev–Trinajstić information content (AvgIpc) is 2.96. The third-order valence-electron chi connectivity index (χ3n) is 3.97. The predicted octanol–water partition coefficient (Wildman–Crippen LogP) is 1.20. The summed E-state index contributed by atoms with van der Waals surface area (Å²) < 4.78 is 4.30. The zero-order valence-electron chi connectivity index (χ0n) is 16.3. The Kier molecular flexibility index (Phi) is 6.39. The number of imidazole rings is 1. The molecule has 0 saturated carbocycles. The maximum Gasteiger partial charge on any atom is 0.333 e. The van der Waals surface area contributed by atoms with Crippen molar-refractivity contribution >= 4 is 17.1 Å². The van der Waals surface area contributed by atoms with Crippen LogP contribution in [0.4, 0.5) is 0 Å². The highest BCUT2D eigenvalue weighted by atomic mass is 16.2. The van der Waals surface area contributed by atoms with E-state index in [4.69, 9.17) is 0 Å². The van der Waals surface area contributed by atoms with E-state index in [2.05, 4.69) is 10.3 Å². The van der Waals surface area contributed by atoms with Crippen LogP contribution in [0.15, 0.2) is 15.9 Å². The zero-order chi connectivity index (χ0) is 19.4. The number of hydrogen-bond acceptors (Lipinski definition) is 4. The Morgan fingerprint density at radius 1 is 1.12 bits per heavy atom. The predicted molar refractivity (Wildman–Crippen MR) is 101 cm³/mol. The Morgan fingerprint density at radius 2 is 1.77 bits per heavy atom. The molecule has 0 saturated heterocycles. The minimum Gasteiger partial charge on any atom is -0.355 e. The third kappa shape index (κ3) is 4.23. The van der Waals surface area contributed by atoms with Crippen molar-refractivity contribution in [1.29, 1.82) is 0 Å². The SMILES string of the molecule is CCCNC(=O)Cn1c(=O)c2c(ncn2CC(C)C)n(CC(C)C)c1=O. The summed E-state index contributed by atoms with van der Waals surface area (Å²) in [5, 5.41) is 2.71. The van der Waals surface area contributed by atoms with E-state index in [0.717, 1.165) is 11.0 Å². The lowest BCUT2D eigenvalue weighted by molar-refractivity contribution is -0.121. The van der Waals surface area contributed by atoms with E-state index in [1.807, 2.05) is 34.6 Å². The summed E-state index contributed by atoms with van der Waals surface area (Å²) in [7, 11) is 0. The molecule has 0 aromatic carbocycles. The molecule has 0 aliphatic heterocycles. The molecule has 2 rings (SSSR count). The molecule has 2 aromatic heterocycles. The summed E-state index contributed by atoms with van der Waals surface area (Å²) in [4.78, 5) is 42.3. The van der Waals surface area contributed by atoms with E-state index in [0.29, 0.717) is 36.7 Å². The maximum absolute atomic E-state index is 13.0. The molecule has 0 fully saturated rings. The molecule has 0 aliphatic rings. The van der Waals surface area contributed by atoms with Crippen LogP contribution >= 0.6 is 0 Å². The van der Waals surface area contributed by atoms with Gasteiger partial charge in [0.05, 0.1) is 6.33 Å². The normalized spacial score (nSPS) is 11.7. The molecule has 0 radical (unpaired) electrons. The van der Waals surface area contributed by atoms with Crippen molar-refractivity contribution in [3.63, 3.8) is 0 Å². The Hall–Kier alpha value is -2.38. The number of amides is 1. The molecule has 0 unspecified atom stereocenters.